The summed E-state index contributed by atoms with van der Waals surface area (Å²) in [4.78, 5) is 37.6. The average molecular weight is 1020 g/mol. The van der Waals surface area contributed by atoms with Gasteiger partial charge in [0.25, 0.3) is 0 Å². The van der Waals surface area contributed by atoms with Gasteiger partial charge < -0.3 is 44.1 Å². The molecule has 2 aliphatic heterocycles. The summed E-state index contributed by atoms with van der Waals surface area (Å²) in [5.41, 5.74) is 4.87. The summed E-state index contributed by atoms with van der Waals surface area (Å²) in [6.07, 6.45) is 7.25. The van der Waals surface area contributed by atoms with E-state index in [9.17, 15) is 26.4 Å². The van der Waals surface area contributed by atoms with Gasteiger partial charge in [-0.05, 0) is 106 Å². The second-order valence-corrected chi connectivity index (χ2v) is 21.1. The van der Waals surface area contributed by atoms with Crippen LogP contribution in [0.2, 0.25) is 0 Å². The molecule has 21 heteroatoms. The van der Waals surface area contributed by atoms with Crippen LogP contribution >= 0.6 is 0 Å². The number of hydrogen-bond acceptors (Lipinski definition) is 15. The van der Waals surface area contributed by atoms with E-state index >= 15 is 0 Å². The van der Waals surface area contributed by atoms with E-state index < -0.39 is 32.6 Å². The van der Waals surface area contributed by atoms with E-state index in [0.717, 1.165) is 35.5 Å². The quantitative estimate of drug-likeness (QED) is 0.105. The molecule has 0 spiro atoms. The number of rotatable bonds is 22. The van der Waals surface area contributed by atoms with E-state index in [-0.39, 0.29) is 56.0 Å². The van der Waals surface area contributed by atoms with Gasteiger partial charge in [0.05, 0.1) is 37.2 Å². The molecule has 2 N–H and O–H groups in total. The third-order valence-electron chi connectivity index (χ3n) is 11.6. The molecule has 19 nitrogen and oxygen atoms in total. The van der Waals surface area contributed by atoms with Gasteiger partial charge in [-0.1, -0.05) is 7.43 Å². The molecule has 2 fully saturated rings. The first-order chi connectivity index (χ1) is 32.7. The maximum absolute atomic E-state index is 13.0. The minimum absolute atomic E-state index is 0. The number of aromatic nitrogens is 2. The van der Waals surface area contributed by atoms with E-state index in [0.29, 0.717) is 46.2 Å². The number of nitrogens with zero attached hydrogens (tertiary/aromatic N) is 7. The van der Waals surface area contributed by atoms with Gasteiger partial charge in [-0.25, -0.2) is 21.6 Å². The Morgan fingerprint density at radius 1 is 0.671 bits per heavy atom. The molecule has 0 atom stereocenters. The highest BCUT2D eigenvalue weighted by molar-refractivity contribution is 7.89. The van der Waals surface area contributed by atoms with Crippen LogP contribution in [-0.2, 0) is 39.1 Å². The minimum Gasteiger partial charge on any atom is -0.497 e. The third-order valence-corrected chi connectivity index (χ3v) is 16.0. The molecule has 0 radical (unpaired) electrons. The number of benzene rings is 2. The van der Waals surface area contributed by atoms with Crippen LogP contribution in [0.15, 0.2) is 83.1 Å². The number of carbonyl (C=O) groups is 2. The minimum atomic E-state index is -3.69. The van der Waals surface area contributed by atoms with Crippen molar-refractivity contribution in [1.29, 1.82) is 0 Å². The fraction of sp³-hybridized carbons (Fsp3) is 0.510. The van der Waals surface area contributed by atoms with Gasteiger partial charge in [-0.2, -0.15) is 8.61 Å². The summed E-state index contributed by atoms with van der Waals surface area (Å²) in [6.45, 7) is 12.7. The SMILES string of the molecule is C.CNCC1CN(c2ccncc2)C1.COc1cc(C)c(S(=O)(=O)N(C)CCOCC(=O)N(C)CC2CN(c3ccncc3)C2)c(C)c1.COc1cc(C)c(S(=O)(=O)N(C)CCOCC(=O)O)c(C)c1. The topological polar surface area (TPSA) is 214 Å². The number of anilines is 2. The first-order valence-corrected chi connectivity index (χ1v) is 25.4. The largest absolute Gasteiger partial charge is 0.497 e. The molecule has 2 aromatic carbocycles. The Morgan fingerprint density at radius 2 is 1.04 bits per heavy atom. The fourth-order valence-corrected chi connectivity index (χ4v) is 11.0. The molecule has 0 saturated carbocycles. The fourth-order valence-electron chi connectivity index (χ4n) is 7.93. The Labute approximate surface area is 415 Å². The van der Waals surface area contributed by atoms with E-state index in [1.807, 2.05) is 31.6 Å². The van der Waals surface area contributed by atoms with Crippen LogP contribution in [0.5, 0.6) is 11.5 Å². The standard InChI is InChI=1S/C24H34N4O5S.C14H21NO6S.C10H15N3.CH4/c1-18-12-22(32-5)13-19(2)24(18)34(30,31)27(4)10-11-33-17-23(29)26(3)14-20-15-28(16-20)21-6-8-25-9-7-21;1-10-7-12(20-4)8-11(2)14(10)22(18,19)15(3)5-6-21-9-13(16)17;1-11-6-9-7-13(8-9)10-2-4-12-5-3-10;/h6-9,12-13,20H,10-11,14-17H2,1-5H3;7-8H,5-6,9H2,1-4H3,(H,16,17);2-5,9,11H,6-8H2,1H3;1H4. The van der Waals surface area contributed by atoms with Crippen LogP contribution in [0, 0.1) is 39.5 Å². The monoisotopic (exact) mass is 1010 g/mol. The van der Waals surface area contributed by atoms with Crippen molar-refractivity contribution in [3.8, 4) is 11.5 Å². The number of carboxylic acid groups (broad SMARTS) is 1. The summed E-state index contributed by atoms with van der Waals surface area (Å²) in [7, 11) is 2.44. The van der Waals surface area contributed by atoms with Gasteiger partial charge in [-0.15, -0.1) is 0 Å². The summed E-state index contributed by atoms with van der Waals surface area (Å²) in [6, 6.07) is 14.8. The maximum Gasteiger partial charge on any atom is 0.329 e. The number of amides is 1. The van der Waals surface area contributed by atoms with Crippen LogP contribution in [-0.4, -0.2) is 178 Å². The number of sulfonamides is 2. The molecule has 6 rings (SSSR count). The molecule has 2 aliphatic rings. The van der Waals surface area contributed by atoms with Crippen molar-refractivity contribution < 1.29 is 50.5 Å². The molecule has 70 heavy (non-hydrogen) atoms. The molecule has 1 amide bonds. The Morgan fingerprint density at radius 3 is 1.40 bits per heavy atom. The van der Waals surface area contributed by atoms with Crippen LogP contribution in [0.1, 0.15) is 29.7 Å². The summed E-state index contributed by atoms with van der Waals surface area (Å²) < 4.78 is 74.4. The third kappa shape index (κ3) is 16.6. The molecular formula is C49H74N8O11S2. The zero-order valence-corrected chi connectivity index (χ0v) is 43.2. The molecular weight excluding hydrogens is 941 g/mol. The predicted octanol–water partition coefficient (Wildman–Crippen LogP) is 4.35. The zero-order valence-electron chi connectivity index (χ0n) is 41.5. The number of aliphatic carboxylic acids is 1. The van der Waals surface area contributed by atoms with E-state index in [4.69, 9.17) is 24.1 Å². The van der Waals surface area contributed by atoms with Crippen LogP contribution < -0.4 is 24.6 Å². The molecule has 388 valence electrons. The molecule has 0 unspecified atom stereocenters. The second kappa shape index (κ2) is 27.8. The number of ether oxygens (including phenoxy) is 4. The molecule has 0 bridgehead atoms. The van der Waals surface area contributed by atoms with Gasteiger partial charge in [0, 0.05) is 121 Å². The number of carboxylic acids is 1. The van der Waals surface area contributed by atoms with Gasteiger partial charge in [-0.3, -0.25) is 14.8 Å². The van der Waals surface area contributed by atoms with Gasteiger partial charge >= 0.3 is 5.97 Å². The van der Waals surface area contributed by atoms with Gasteiger partial charge in [0.15, 0.2) is 0 Å². The molecule has 2 saturated heterocycles. The highest BCUT2D eigenvalue weighted by Crippen LogP contribution is 2.30. The van der Waals surface area contributed by atoms with Crippen molar-refractivity contribution in [3.63, 3.8) is 0 Å². The summed E-state index contributed by atoms with van der Waals surface area (Å²) in [5.74, 6) is 1.24. The normalized spacial score (nSPS) is 13.8. The lowest BCUT2D eigenvalue weighted by Crippen LogP contribution is -2.52. The van der Waals surface area contributed by atoms with Crippen LogP contribution in [0.3, 0.4) is 0 Å². The Kier molecular flexibility index (Phi) is 23.4. The first-order valence-electron chi connectivity index (χ1n) is 22.5. The van der Waals surface area contributed by atoms with Crippen molar-refractivity contribution in [1.82, 2.24) is 28.8 Å². The van der Waals surface area contributed by atoms with E-state index in [1.165, 1.54) is 44.3 Å². The predicted molar refractivity (Wildman–Crippen MR) is 272 cm³/mol. The van der Waals surface area contributed by atoms with Crippen molar-refractivity contribution in [3.05, 3.63) is 95.6 Å². The number of nitrogens with one attached hydrogen (secondary N) is 1. The number of methoxy groups -OCH3 is 2. The lowest BCUT2D eigenvalue weighted by atomic mass is 9.99. The highest BCUT2D eigenvalue weighted by Gasteiger charge is 2.30. The van der Waals surface area contributed by atoms with E-state index in [2.05, 4.69) is 37.2 Å². The van der Waals surface area contributed by atoms with Crippen molar-refractivity contribution in [2.75, 3.05) is 131 Å². The number of carbonyl (C=O) groups excluding carboxylic acids is 1. The van der Waals surface area contributed by atoms with Crippen LogP contribution in [0.4, 0.5) is 11.4 Å². The van der Waals surface area contributed by atoms with Gasteiger partial charge in [0.1, 0.15) is 24.7 Å². The molecule has 0 aliphatic carbocycles. The Bertz CT molecular complexity index is 2450. The van der Waals surface area contributed by atoms with Crippen molar-refractivity contribution in [2.45, 2.75) is 44.9 Å². The Balaban J connectivity index is 0.000000307. The highest BCUT2D eigenvalue weighted by atomic mass is 32.2. The maximum atomic E-state index is 13.0. The number of pyridine rings is 2. The number of likely N-dealkylation sites (N-methyl/N-ethyl adjacent to an activating group) is 3. The molecule has 4 aromatic rings. The second-order valence-electron chi connectivity index (χ2n) is 17.1. The van der Waals surface area contributed by atoms with Crippen molar-refractivity contribution in [2.24, 2.45) is 11.8 Å². The average Bonchev–Trinajstić information content (AvgIpc) is 3.28. The Hall–Kier alpha value is -5.42. The zero-order chi connectivity index (χ0) is 50.9. The van der Waals surface area contributed by atoms with Crippen molar-refractivity contribution >= 4 is 43.3 Å². The van der Waals surface area contributed by atoms with E-state index in [1.54, 1.807) is 83.4 Å². The summed E-state index contributed by atoms with van der Waals surface area (Å²) >= 11 is 0. The first kappa shape index (κ1) is 58.9. The number of hydrogen-bond donors (Lipinski definition) is 2. The lowest BCUT2D eigenvalue weighted by molar-refractivity contribution is -0.142. The smallest absolute Gasteiger partial charge is 0.329 e. The van der Waals surface area contributed by atoms with Crippen LogP contribution in [0.25, 0.3) is 0 Å². The lowest BCUT2D eigenvalue weighted by Gasteiger charge is -2.42. The molecule has 4 heterocycles. The number of aryl methyl sites for hydroxylation is 4. The summed E-state index contributed by atoms with van der Waals surface area (Å²) in [5, 5.41) is 11.7. The van der Waals surface area contributed by atoms with Gasteiger partial charge in [0.2, 0.25) is 26.0 Å². The molecule has 2 aromatic heterocycles.